The predicted molar refractivity (Wildman–Crippen MR) is 99.9 cm³/mol. The molecule has 6 nitrogen and oxygen atoms in total. The molecular weight excluding hydrogens is 332 g/mol. The van der Waals surface area contributed by atoms with Gasteiger partial charge >= 0.3 is 0 Å². The highest BCUT2D eigenvalue weighted by Gasteiger charge is 2.22. The maximum Gasteiger partial charge on any atom is 0.275 e. The maximum atomic E-state index is 12.3. The third kappa shape index (κ3) is 3.39. The van der Waals surface area contributed by atoms with Gasteiger partial charge in [0.2, 0.25) is 0 Å². The lowest BCUT2D eigenvalue weighted by atomic mass is 10.1. The molecule has 0 aliphatic carbocycles. The molecule has 1 N–H and O–H groups in total. The molecule has 0 aromatic heterocycles. The van der Waals surface area contributed by atoms with Crippen molar-refractivity contribution in [1.29, 1.82) is 0 Å². The first-order valence-corrected chi connectivity index (χ1v) is 8.04. The largest absolute Gasteiger partial charge is 0.497 e. The fourth-order valence-corrected chi connectivity index (χ4v) is 2.69. The lowest BCUT2D eigenvalue weighted by Crippen LogP contribution is -2.24. The van der Waals surface area contributed by atoms with Crippen molar-refractivity contribution in [2.75, 3.05) is 21.3 Å². The molecule has 134 valence electrons. The second kappa shape index (κ2) is 7.31. The zero-order chi connectivity index (χ0) is 18.7. The zero-order valence-electron chi connectivity index (χ0n) is 15.1. The second-order valence-corrected chi connectivity index (χ2v) is 5.74. The highest BCUT2D eigenvalue weighted by atomic mass is 16.5. The molecular formula is C20H20N2O4. The predicted octanol–water partition coefficient (Wildman–Crippen LogP) is 2.94. The van der Waals surface area contributed by atoms with Gasteiger partial charge in [0.05, 0.1) is 21.3 Å². The van der Waals surface area contributed by atoms with E-state index >= 15 is 0 Å². The molecule has 1 aliphatic rings. The summed E-state index contributed by atoms with van der Waals surface area (Å²) in [6, 6.07) is 11.0. The van der Waals surface area contributed by atoms with Gasteiger partial charge in [0, 0.05) is 11.1 Å². The number of methoxy groups -OCH3 is 3. The number of amidine groups is 1. The second-order valence-electron chi connectivity index (χ2n) is 5.74. The fourth-order valence-electron chi connectivity index (χ4n) is 2.69. The lowest BCUT2D eigenvalue weighted by Gasteiger charge is -2.10. The van der Waals surface area contributed by atoms with Gasteiger partial charge in [0.15, 0.2) is 0 Å². The molecule has 1 amide bonds. The Morgan fingerprint density at radius 1 is 0.962 bits per heavy atom. The molecule has 2 aromatic rings. The van der Waals surface area contributed by atoms with E-state index < -0.39 is 0 Å². The highest BCUT2D eigenvalue weighted by Crippen LogP contribution is 2.30. The molecule has 0 saturated carbocycles. The summed E-state index contributed by atoms with van der Waals surface area (Å²) in [6.07, 6.45) is 1.69. The van der Waals surface area contributed by atoms with Gasteiger partial charge in [-0.2, -0.15) is 0 Å². The Morgan fingerprint density at radius 2 is 1.65 bits per heavy atom. The quantitative estimate of drug-likeness (QED) is 0.840. The standard InChI is InChI=1S/C20H20N2O4/c1-12-9-18(26-4)14(11-17(12)25-3)10-16-20(23)22-19(21-16)13-5-7-15(24-2)8-6-13/h5-11H,1-4H3,(H,21,22,23)/b16-10+. The minimum absolute atomic E-state index is 0.266. The van der Waals surface area contributed by atoms with E-state index in [2.05, 4.69) is 10.3 Å². The van der Waals surface area contributed by atoms with Crippen molar-refractivity contribution in [3.63, 3.8) is 0 Å². The number of hydrogen-bond donors (Lipinski definition) is 1. The SMILES string of the molecule is COc1ccc(C2=N/C(=C/c3cc(OC)c(C)cc3OC)C(=O)N2)cc1. The number of carbonyl (C=O) groups is 1. The first-order chi connectivity index (χ1) is 12.5. The van der Waals surface area contributed by atoms with E-state index in [-0.39, 0.29) is 5.91 Å². The van der Waals surface area contributed by atoms with Crippen molar-refractivity contribution in [3.05, 3.63) is 58.8 Å². The number of nitrogens with zero attached hydrogens (tertiary/aromatic N) is 1. The van der Waals surface area contributed by atoms with Crippen molar-refractivity contribution < 1.29 is 19.0 Å². The van der Waals surface area contributed by atoms with Gasteiger partial charge < -0.3 is 19.5 Å². The molecule has 0 unspecified atom stereocenters. The first kappa shape index (κ1) is 17.5. The van der Waals surface area contributed by atoms with Crippen LogP contribution in [0.15, 0.2) is 47.1 Å². The minimum atomic E-state index is -0.266. The molecule has 26 heavy (non-hydrogen) atoms. The number of aryl methyl sites for hydroxylation is 1. The Labute approximate surface area is 152 Å². The van der Waals surface area contributed by atoms with E-state index in [0.717, 1.165) is 28.2 Å². The topological polar surface area (TPSA) is 69.1 Å². The van der Waals surface area contributed by atoms with Gasteiger partial charge in [-0.25, -0.2) is 4.99 Å². The molecule has 0 atom stereocenters. The molecule has 1 aliphatic heterocycles. The molecule has 1 heterocycles. The van der Waals surface area contributed by atoms with Crippen molar-refractivity contribution in [2.24, 2.45) is 4.99 Å². The number of aliphatic imine (C=N–C) groups is 1. The molecule has 6 heteroatoms. The van der Waals surface area contributed by atoms with E-state index in [1.165, 1.54) is 0 Å². The molecule has 0 saturated heterocycles. The Hall–Kier alpha value is -3.28. The lowest BCUT2D eigenvalue weighted by molar-refractivity contribution is -0.115. The summed E-state index contributed by atoms with van der Waals surface area (Å²) in [6.45, 7) is 1.93. The van der Waals surface area contributed by atoms with E-state index in [1.54, 1.807) is 27.4 Å². The Balaban J connectivity index is 1.98. The Bertz CT molecular complexity index is 899. The zero-order valence-corrected chi connectivity index (χ0v) is 15.1. The van der Waals surface area contributed by atoms with Crippen molar-refractivity contribution in [2.45, 2.75) is 6.92 Å². The molecule has 0 radical (unpaired) electrons. The van der Waals surface area contributed by atoms with Crippen LogP contribution in [0.25, 0.3) is 6.08 Å². The van der Waals surface area contributed by atoms with Gasteiger partial charge in [0.25, 0.3) is 5.91 Å². The van der Waals surface area contributed by atoms with Crippen LogP contribution in [0.1, 0.15) is 16.7 Å². The van der Waals surface area contributed by atoms with E-state index in [0.29, 0.717) is 17.3 Å². The number of carbonyl (C=O) groups excluding carboxylic acids is 1. The molecule has 2 aromatic carbocycles. The Morgan fingerprint density at radius 3 is 2.27 bits per heavy atom. The van der Waals surface area contributed by atoms with Crippen LogP contribution in [0.3, 0.4) is 0 Å². The van der Waals surface area contributed by atoms with Crippen molar-refractivity contribution in [1.82, 2.24) is 5.32 Å². The summed E-state index contributed by atoms with van der Waals surface area (Å²) < 4.78 is 15.9. The average Bonchev–Trinajstić information content (AvgIpc) is 3.03. The van der Waals surface area contributed by atoms with Crippen molar-refractivity contribution >= 4 is 17.8 Å². The van der Waals surface area contributed by atoms with Crippen LogP contribution in [0.2, 0.25) is 0 Å². The summed E-state index contributed by atoms with van der Waals surface area (Å²) in [4.78, 5) is 16.7. The smallest absolute Gasteiger partial charge is 0.275 e. The Kier molecular flexibility index (Phi) is 4.93. The van der Waals surface area contributed by atoms with Crippen LogP contribution in [-0.2, 0) is 4.79 Å². The fraction of sp³-hybridized carbons (Fsp3) is 0.200. The maximum absolute atomic E-state index is 12.3. The number of rotatable bonds is 5. The summed E-state index contributed by atoms with van der Waals surface area (Å²) >= 11 is 0. The van der Waals surface area contributed by atoms with Crippen LogP contribution in [-0.4, -0.2) is 33.1 Å². The van der Waals surface area contributed by atoms with Gasteiger partial charge in [-0.3, -0.25) is 4.79 Å². The summed E-state index contributed by atoms with van der Waals surface area (Å²) in [7, 11) is 4.80. The van der Waals surface area contributed by atoms with Crippen LogP contribution < -0.4 is 19.5 Å². The molecule has 0 bridgehead atoms. The van der Waals surface area contributed by atoms with Crippen molar-refractivity contribution in [3.8, 4) is 17.2 Å². The molecule has 3 rings (SSSR count). The van der Waals surface area contributed by atoms with Gasteiger partial charge in [-0.05, 0) is 55.0 Å². The first-order valence-electron chi connectivity index (χ1n) is 8.04. The molecule has 0 fully saturated rings. The monoisotopic (exact) mass is 352 g/mol. The normalized spacial score (nSPS) is 14.8. The van der Waals surface area contributed by atoms with E-state index in [1.807, 2.05) is 43.3 Å². The summed E-state index contributed by atoms with van der Waals surface area (Å²) in [5.74, 6) is 2.34. The van der Waals surface area contributed by atoms with Crippen LogP contribution in [0.5, 0.6) is 17.2 Å². The number of ether oxygens (including phenoxy) is 3. The highest BCUT2D eigenvalue weighted by molar-refractivity contribution is 6.19. The van der Waals surface area contributed by atoms with Gasteiger partial charge in [0.1, 0.15) is 28.8 Å². The number of amides is 1. The number of benzene rings is 2. The number of hydrogen-bond acceptors (Lipinski definition) is 5. The van der Waals surface area contributed by atoms with E-state index in [9.17, 15) is 4.79 Å². The van der Waals surface area contributed by atoms with Gasteiger partial charge in [-0.1, -0.05) is 0 Å². The molecule has 0 spiro atoms. The number of nitrogens with one attached hydrogen (secondary N) is 1. The minimum Gasteiger partial charge on any atom is -0.497 e. The third-order valence-electron chi connectivity index (χ3n) is 4.10. The van der Waals surface area contributed by atoms with Crippen LogP contribution >= 0.6 is 0 Å². The summed E-state index contributed by atoms with van der Waals surface area (Å²) in [5.41, 5.74) is 2.78. The average molecular weight is 352 g/mol. The third-order valence-corrected chi connectivity index (χ3v) is 4.10. The van der Waals surface area contributed by atoms with Gasteiger partial charge in [-0.15, -0.1) is 0 Å². The van der Waals surface area contributed by atoms with Crippen LogP contribution in [0.4, 0.5) is 0 Å². The summed E-state index contributed by atoms with van der Waals surface area (Å²) in [5, 5.41) is 2.79. The van der Waals surface area contributed by atoms with Crippen LogP contribution in [0, 0.1) is 6.92 Å². The van der Waals surface area contributed by atoms with E-state index in [4.69, 9.17) is 14.2 Å².